The van der Waals surface area contributed by atoms with Gasteiger partial charge in [-0.3, -0.25) is 9.20 Å². The number of carbonyl (C=O) groups excluding carboxylic acids is 2. The van der Waals surface area contributed by atoms with Gasteiger partial charge in [0.15, 0.2) is 11.5 Å². The van der Waals surface area contributed by atoms with E-state index in [0.29, 0.717) is 48.4 Å². The minimum atomic E-state index is -0.606. The predicted molar refractivity (Wildman–Crippen MR) is 215 cm³/mol. The summed E-state index contributed by atoms with van der Waals surface area (Å²) in [4.78, 5) is 36.1. The summed E-state index contributed by atoms with van der Waals surface area (Å²) in [6.07, 6.45) is 6.43. The van der Waals surface area contributed by atoms with E-state index >= 15 is 0 Å². The predicted octanol–water partition coefficient (Wildman–Crippen LogP) is 7.18. The number of aromatic nitrogens is 5. The van der Waals surface area contributed by atoms with Gasteiger partial charge in [-0.25, -0.2) is 9.48 Å². The molecule has 3 aromatic heterocycles. The van der Waals surface area contributed by atoms with Crippen LogP contribution in [0.1, 0.15) is 95.7 Å². The molecular weight excluding hydrogens is 711 g/mol. The Balaban J connectivity index is 1.12. The Kier molecular flexibility index (Phi) is 11.5. The maximum Gasteiger partial charge on any atom is 0.357 e. The third kappa shape index (κ3) is 8.30. The molecule has 56 heavy (non-hydrogen) atoms. The van der Waals surface area contributed by atoms with Gasteiger partial charge in [0.25, 0.3) is 0 Å². The number of nitrogens with zero attached hydrogens (tertiary/aromatic N) is 8. The normalized spacial score (nSPS) is 18.4. The molecule has 0 radical (unpaired) electrons. The van der Waals surface area contributed by atoms with Crippen molar-refractivity contribution in [3.05, 3.63) is 89.7 Å². The van der Waals surface area contributed by atoms with Crippen molar-refractivity contribution < 1.29 is 23.9 Å². The highest BCUT2D eigenvalue weighted by Gasteiger charge is 2.34. The van der Waals surface area contributed by atoms with Crippen molar-refractivity contribution in [3.8, 4) is 17.2 Å². The van der Waals surface area contributed by atoms with Gasteiger partial charge in [0.05, 0.1) is 23.6 Å². The van der Waals surface area contributed by atoms with E-state index in [9.17, 15) is 9.59 Å². The molecule has 2 amide bonds. The van der Waals surface area contributed by atoms with E-state index in [1.165, 1.54) is 6.42 Å². The number of rotatable bonds is 13. The number of hydrogen-bond donors (Lipinski definition) is 1. The van der Waals surface area contributed by atoms with Gasteiger partial charge in [0.2, 0.25) is 5.95 Å². The highest BCUT2D eigenvalue weighted by molar-refractivity contribution is 5.90. The number of urea groups is 1. The Labute approximate surface area is 328 Å². The first-order valence-electron chi connectivity index (χ1n) is 19.6. The van der Waals surface area contributed by atoms with Crippen LogP contribution in [0.15, 0.2) is 72.9 Å². The van der Waals surface area contributed by atoms with Crippen LogP contribution in [0.5, 0.6) is 11.5 Å². The number of fused-ring (bicyclic) bond motifs is 2. The molecule has 7 rings (SSSR count). The number of anilines is 2. The molecule has 2 aliphatic rings. The molecule has 0 spiro atoms. The average Bonchev–Trinajstić information content (AvgIpc) is 3.83. The van der Waals surface area contributed by atoms with Crippen LogP contribution in [0.25, 0.3) is 11.3 Å². The maximum absolute atomic E-state index is 14.2. The van der Waals surface area contributed by atoms with Crippen molar-refractivity contribution in [1.29, 1.82) is 0 Å². The molecule has 0 saturated carbocycles. The Morgan fingerprint density at radius 2 is 1.80 bits per heavy atom. The third-order valence-electron chi connectivity index (χ3n) is 10.8. The standard InChI is InChI=1S/C42H53N9O5/c1-7-47(6)23-24-54-31-15-12-14-30(25-31)50-39(26-37(46-50)42(3,4)5)51(55-28-52)41(53)43-35-19-20-36(34-17-9-8-16-33(34)35)56-32-18-21-38-44-45-40(49(38)27-32)48-22-11-10-13-29(48)2/h8-9,12,14-18,21,25-29,35-36H,7,10-11,13,19-20,22-24H2,1-6H3,(H,43,53)/t29-,35-,36+/m0/s1. The molecule has 4 heterocycles. The number of piperidine rings is 1. The SMILES string of the molecule is CCN(C)CCOc1cccc(-n2nc(C(C)(C)C)cc2N(OC=O)C(=O)N[C@H]2CC[C@@H](Oc3ccc4nnc(N5CCCC[C@@H]5C)n4c3)c3ccccc32)c1. The fourth-order valence-corrected chi connectivity index (χ4v) is 7.42. The lowest BCUT2D eigenvalue weighted by molar-refractivity contribution is -0.129. The fraction of sp³-hybridized carbons (Fsp3) is 0.452. The van der Waals surface area contributed by atoms with Gasteiger partial charge in [0, 0.05) is 36.7 Å². The highest BCUT2D eigenvalue weighted by atomic mass is 16.7. The molecule has 0 unspecified atom stereocenters. The lowest BCUT2D eigenvalue weighted by Gasteiger charge is -2.34. The minimum absolute atomic E-state index is 0.249. The van der Waals surface area contributed by atoms with E-state index in [0.717, 1.165) is 60.3 Å². The van der Waals surface area contributed by atoms with Crippen LogP contribution < -0.4 is 24.8 Å². The molecule has 5 aromatic rings. The monoisotopic (exact) mass is 763 g/mol. The average molecular weight is 764 g/mol. The van der Waals surface area contributed by atoms with Crippen molar-refractivity contribution in [2.75, 3.05) is 43.3 Å². The number of hydrogen-bond acceptors (Lipinski definition) is 10. The molecule has 3 atom stereocenters. The Morgan fingerprint density at radius 3 is 2.57 bits per heavy atom. The summed E-state index contributed by atoms with van der Waals surface area (Å²) < 4.78 is 16.4. The summed E-state index contributed by atoms with van der Waals surface area (Å²) in [6, 6.07) is 20.5. The van der Waals surface area contributed by atoms with Gasteiger partial charge < -0.3 is 29.4 Å². The summed E-state index contributed by atoms with van der Waals surface area (Å²) in [5.74, 6) is 2.48. The van der Waals surface area contributed by atoms with Crippen molar-refractivity contribution in [1.82, 2.24) is 34.6 Å². The summed E-state index contributed by atoms with van der Waals surface area (Å²) in [7, 11) is 2.04. The molecule has 296 valence electrons. The maximum atomic E-state index is 14.2. The van der Waals surface area contributed by atoms with Gasteiger partial charge in [-0.15, -0.1) is 15.3 Å². The van der Waals surface area contributed by atoms with Crippen molar-refractivity contribution in [2.45, 2.75) is 90.3 Å². The Hall–Kier alpha value is -5.63. The van der Waals surface area contributed by atoms with Crippen LogP contribution >= 0.6 is 0 Å². The topological polar surface area (TPSA) is 132 Å². The smallest absolute Gasteiger partial charge is 0.357 e. The molecule has 2 aromatic carbocycles. The zero-order valence-electron chi connectivity index (χ0n) is 33.2. The summed E-state index contributed by atoms with van der Waals surface area (Å²) in [5, 5.41) is 18.0. The molecule has 14 nitrogen and oxygen atoms in total. The van der Waals surface area contributed by atoms with Crippen LogP contribution in [-0.4, -0.2) is 81.1 Å². The zero-order chi connectivity index (χ0) is 39.4. The first kappa shape index (κ1) is 38.6. The number of likely N-dealkylation sites (N-methyl/N-ethyl adjacent to an activating group) is 1. The largest absolute Gasteiger partial charge is 0.492 e. The zero-order valence-corrected chi connectivity index (χ0v) is 33.2. The molecule has 1 aliphatic heterocycles. The van der Waals surface area contributed by atoms with E-state index < -0.39 is 6.03 Å². The van der Waals surface area contributed by atoms with Gasteiger partial charge in [-0.1, -0.05) is 58.0 Å². The van der Waals surface area contributed by atoms with Crippen LogP contribution in [0, 0.1) is 0 Å². The molecule has 1 N–H and O–H groups in total. The van der Waals surface area contributed by atoms with E-state index in [1.807, 2.05) is 99.1 Å². The molecule has 1 aliphatic carbocycles. The second kappa shape index (κ2) is 16.6. The van der Waals surface area contributed by atoms with Gasteiger partial charge in [-0.2, -0.15) is 5.10 Å². The van der Waals surface area contributed by atoms with E-state index in [-0.39, 0.29) is 29.9 Å². The van der Waals surface area contributed by atoms with Crippen molar-refractivity contribution >= 4 is 29.9 Å². The minimum Gasteiger partial charge on any atom is -0.492 e. The quantitative estimate of drug-likeness (QED) is 0.0972. The summed E-state index contributed by atoms with van der Waals surface area (Å²) >= 11 is 0. The van der Waals surface area contributed by atoms with Gasteiger partial charge >= 0.3 is 12.5 Å². The number of pyridine rings is 1. The number of hydroxylamine groups is 1. The van der Waals surface area contributed by atoms with E-state index in [1.54, 1.807) is 10.7 Å². The molecule has 0 bridgehead atoms. The van der Waals surface area contributed by atoms with Gasteiger partial charge in [-0.05, 0) is 88.0 Å². The molecular formula is C42H53N9O5. The highest BCUT2D eigenvalue weighted by Crippen LogP contribution is 2.40. The Morgan fingerprint density at radius 1 is 0.982 bits per heavy atom. The first-order chi connectivity index (χ1) is 27.0. The van der Waals surface area contributed by atoms with E-state index in [2.05, 4.69) is 39.2 Å². The number of carbonyl (C=O) groups is 2. The van der Waals surface area contributed by atoms with Crippen molar-refractivity contribution in [2.24, 2.45) is 0 Å². The van der Waals surface area contributed by atoms with Crippen LogP contribution in [0.3, 0.4) is 0 Å². The number of amides is 2. The van der Waals surface area contributed by atoms with Crippen LogP contribution in [0.2, 0.25) is 0 Å². The van der Waals surface area contributed by atoms with Crippen molar-refractivity contribution in [3.63, 3.8) is 0 Å². The number of benzene rings is 2. The lowest BCUT2D eigenvalue weighted by Crippen LogP contribution is -2.43. The number of ether oxygens (including phenoxy) is 2. The van der Waals surface area contributed by atoms with Gasteiger partial charge in [0.1, 0.15) is 24.2 Å². The molecule has 1 saturated heterocycles. The van der Waals surface area contributed by atoms with Crippen LogP contribution in [0.4, 0.5) is 16.6 Å². The molecule has 1 fully saturated rings. The lowest BCUT2D eigenvalue weighted by atomic mass is 9.85. The summed E-state index contributed by atoms with van der Waals surface area (Å²) in [6.45, 7) is 13.9. The summed E-state index contributed by atoms with van der Waals surface area (Å²) in [5.41, 5.74) is 3.66. The second-order valence-corrected chi connectivity index (χ2v) is 15.7. The first-order valence-corrected chi connectivity index (χ1v) is 19.6. The number of nitrogens with one attached hydrogen (secondary N) is 1. The third-order valence-corrected chi connectivity index (χ3v) is 10.8. The van der Waals surface area contributed by atoms with E-state index in [4.69, 9.17) is 19.4 Å². The fourth-order valence-electron chi connectivity index (χ4n) is 7.42. The molecule has 14 heteroatoms. The second-order valence-electron chi connectivity index (χ2n) is 15.7. The van der Waals surface area contributed by atoms with Crippen LogP contribution in [-0.2, 0) is 15.0 Å². The Bertz CT molecular complexity index is 2140.